The zero-order valence-corrected chi connectivity index (χ0v) is 22.3. The first-order valence-electron chi connectivity index (χ1n) is 13.8. The minimum absolute atomic E-state index is 0.279. The van der Waals surface area contributed by atoms with Crippen molar-refractivity contribution in [3.63, 3.8) is 0 Å². The summed E-state index contributed by atoms with van der Waals surface area (Å²) in [5.41, 5.74) is 4.59. The molecule has 0 radical (unpaired) electrons. The van der Waals surface area contributed by atoms with Gasteiger partial charge in [0.2, 0.25) is 0 Å². The highest BCUT2D eigenvalue weighted by Crippen LogP contribution is 2.28. The number of aromatic nitrogens is 4. The van der Waals surface area contributed by atoms with E-state index in [0.717, 1.165) is 56.2 Å². The quantitative estimate of drug-likeness (QED) is 0.321. The van der Waals surface area contributed by atoms with Gasteiger partial charge in [0.25, 0.3) is 5.91 Å². The van der Waals surface area contributed by atoms with E-state index >= 15 is 0 Å². The van der Waals surface area contributed by atoms with Gasteiger partial charge >= 0.3 is 0 Å². The predicted octanol–water partition coefficient (Wildman–Crippen LogP) is 4.62. The highest BCUT2D eigenvalue weighted by atomic mass is 16.2. The third-order valence-electron chi connectivity index (χ3n) is 7.61. The molecule has 4 aromatic rings. The summed E-state index contributed by atoms with van der Waals surface area (Å²) in [4.78, 5) is 26.6. The number of hydrogen-bond donors (Lipinski definition) is 3. The molecule has 202 valence electrons. The molecule has 0 spiro atoms. The summed E-state index contributed by atoms with van der Waals surface area (Å²) < 4.78 is 1.63. The normalized spacial score (nSPS) is 16.8. The molecule has 0 atom stereocenters. The van der Waals surface area contributed by atoms with Crippen LogP contribution >= 0.6 is 0 Å². The number of fused-ring (bicyclic) bond motifs is 1. The Hall–Kier alpha value is -4.18. The van der Waals surface area contributed by atoms with Gasteiger partial charge in [-0.25, -0.2) is 9.50 Å². The van der Waals surface area contributed by atoms with E-state index in [4.69, 9.17) is 5.10 Å². The van der Waals surface area contributed by atoms with E-state index in [-0.39, 0.29) is 5.91 Å². The fourth-order valence-electron chi connectivity index (χ4n) is 5.35. The Morgan fingerprint density at radius 2 is 1.67 bits per heavy atom. The summed E-state index contributed by atoms with van der Waals surface area (Å²) in [7, 11) is 2.17. The molecule has 1 saturated carbocycles. The molecular formula is C29H35N9O. The number of pyridine rings is 1. The van der Waals surface area contributed by atoms with Gasteiger partial charge in [0.1, 0.15) is 5.82 Å². The molecule has 2 aliphatic rings. The minimum atomic E-state index is -0.279. The lowest BCUT2D eigenvalue weighted by Gasteiger charge is -2.34. The number of imidazole rings is 1. The van der Waals surface area contributed by atoms with Gasteiger partial charge in [0.15, 0.2) is 11.3 Å². The number of benzene rings is 1. The number of carbonyl (C=O) groups is 1. The first kappa shape index (κ1) is 25.1. The van der Waals surface area contributed by atoms with Crippen LogP contribution in [-0.4, -0.2) is 69.7 Å². The smallest absolute Gasteiger partial charge is 0.276 e. The maximum absolute atomic E-state index is 13.2. The molecule has 1 aromatic carbocycles. The van der Waals surface area contributed by atoms with E-state index in [9.17, 15) is 4.79 Å². The monoisotopic (exact) mass is 525 g/mol. The van der Waals surface area contributed by atoms with Crippen molar-refractivity contribution in [1.29, 1.82) is 0 Å². The molecular weight excluding hydrogens is 490 g/mol. The third kappa shape index (κ3) is 5.80. The van der Waals surface area contributed by atoms with Gasteiger partial charge in [-0.05, 0) is 56.3 Å². The van der Waals surface area contributed by atoms with E-state index in [2.05, 4.69) is 67.0 Å². The summed E-state index contributed by atoms with van der Waals surface area (Å²) in [5.74, 6) is 0.445. The number of amides is 1. The maximum atomic E-state index is 13.2. The van der Waals surface area contributed by atoms with E-state index in [0.29, 0.717) is 23.1 Å². The second-order valence-electron chi connectivity index (χ2n) is 10.5. The minimum Gasteiger partial charge on any atom is -0.369 e. The number of piperazine rings is 1. The summed E-state index contributed by atoms with van der Waals surface area (Å²) in [6.07, 6.45) is 10.8. The number of likely N-dealkylation sites (N-methyl/N-ethyl adjacent to an activating group) is 1. The first-order valence-corrected chi connectivity index (χ1v) is 13.8. The molecule has 1 amide bonds. The average molecular weight is 526 g/mol. The maximum Gasteiger partial charge on any atom is 0.276 e. The first-order chi connectivity index (χ1) is 19.1. The number of hydrogen-bond acceptors (Lipinski definition) is 8. The zero-order chi connectivity index (χ0) is 26.6. The van der Waals surface area contributed by atoms with Crippen LogP contribution in [-0.2, 0) is 0 Å². The molecule has 2 fully saturated rings. The predicted molar refractivity (Wildman–Crippen MR) is 155 cm³/mol. The van der Waals surface area contributed by atoms with Crippen LogP contribution in [0.25, 0.3) is 5.65 Å². The van der Waals surface area contributed by atoms with Crippen molar-refractivity contribution >= 4 is 40.1 Å². The fraction of sp³-hybridized carbons (Fsp3) is 0.379. The van der Waals surface area contributed by atoms with Crippen LogP contribution in [0.5, 0.6) is 0 Å². The van der Waals surface area contributed by atoms with Crippen molar-refractivity contribution < 1.29 is 4.79 Å². The molecule has 0 bridgehead atoms. The van der Waals surface area contributed by atoms with Gasteiger partial charge in [0, 0.05) is 67.7 Å². The lowest BCUT2D eigenvalue weighted by molar-refractivity contribution is 0.102. The van der Waals surface area contributed by atoms with Crippen LogP contribution in [0, 0.1) is 0 Å². The Morgan fingerprint density at radius 3 is 2.41 bits per heavy atom. The molecule has 3 aromatic heterocycles. The Balaban J connectivity index is 1.28. The Bertz CT molecular complexity index is 1410. The summed E-state index contributed by atoms with van der Waals surface area (Å²) in [5, 5.41) is 14.9. The lowest BCUT2D eigenvalue weighted by atomic mass is 9.95. The van der Waals surface area contributed by atoms with Crippen molar-refractivity contribution in [2.45, 2.75) is 38.1 Å². The summed E-state index contributed by atoms with van der Waals surface area (Å²) in [6.45, 7) is 4.21. The largest absolute Gasteiger partial charge is 0.369 e. The molecule has 0 unspecified atom stereocenters. The van der Waals surface area contributed by atoms with Gasteiger partial charge in [-0.1, -0.05) is 19.3 Å². The van der Waals surface area contributed by atoms with Crippen LogP contribution in [0.2, 0.25) is 0 Å². The van der Waals surface area contributed by atoms with Crippen molar-refractivity contribution in [1.82, 2.24) is 24.5 Å². The number of carbonyl (C=O) groups excluding carboxylic acids is 1. The number of nitrogens with zero attached hydrogens (tertiary/aromatic N) is 6. The number of nitrogens with one attached hydrogen (secondary N) is 3. The molecule has 1 aliphatic heterocycles. The average Bonchev–Trinajstić information content (AvgIpc) is 3.40. The van der Waals surface area contributed by atoms with E-state index in [1.165, 1.54) is 24.9 Å². The van der Waals surface area contributed by atoms with E-state index in [1.807, 2.05) is 6.07 Å². The number of rotatable bonds is 7. The van der Waals surface area contributed by atoms with Crippen LogP contribution in [0.1, 0.15) is 42.6 Å². The van der Waals surface area contributed by atoms with Crippen molar-refractivity contribution in [2.75, 3.05) is 54.1 Å². The van der Waals surface area contributed by atoms with Gasteiger partial charge in [0.05, 0.1) is 11.9 Å². The van der Waals surface area contributed by atoms with Crippen LogP contribution in [0.15, 0.2) is 61.1 Å². The molecule has 3 N–H and O–H groups in total. The van der Waals surface area contributed by atoms with Gasteiger partial charge in [-0.2, -0.15) is 0 Å². The summed E-state index contributed by atoms with van der Waals surface area (Å²) >= 11 is 0. The Kier molecular flexibility index (Phi) is 7.27. The summed E-state index contributed by atoms with van der Waals surface area (Å²) in [6, 6.07) is 14.4. The molecule has 1 saturated heterocycles. The van der Waals surface area contributed by atoms with Gasteiger partial charge < -0.3 is 25.8 Å². The SMILES string of the molecule is CN1CCN(c2ccc(Nc3cc(NC4CCCCC4)nn4c(C(=O)Nc5ccncc5)cnc34)cc2)CC1. The van der Waals surface area contributed by atoms with E-state index < -0.39 is 0 Å². The lowest BCUT2D eigenvalue weighted by Crippen LogP contribution is -2.44. The standard InChI is InChI=1S/C29H35N9O/c1-36-15-17-37(18-16-36)24-9-7-22(8-10-24)32-25-19-27(33-21-5-3-2-4-6-21)35-38-26(20-31-28(25)38)29(39)34-23-11-13-30-14-12-23/h7-14,19-21,32H,2-6,15-18H2,1H3,(H,33,35)(H,30,34,39). The van der Waals surface area contributed by atoms with Crippen LogP contribution < -0.4 is 20.9 Å². The van der Waals surface area contributed by atoms with Gasteiger partial charge in [-0.3, -0.25) is 9.78 Å². The Labute approximate surface area is 228 Å². The molecule has 39 heavy (non-hydrogen) atoms. The third-order valence-corrected chi connectivity index (χ3v) is 7.61. The Morgan fingerprint density at radius 1 is 0.923 bits per heavy atom. The fourth-order valence-corrected chi connectivity index (χ4v) is 5.35. The van der Waals surface area contributed by atoms with Crippen LogP contribution in [0.4, 0.5) is 28.6 Å². The highest BCUT2D eigenvalue weighted by Gasteiger charge is 2.20. The second kappa shape index (κ2) is 11.3. The molecule has 10 nitrogen and oxygen atoms in total. The number of anilines is 5. The second-order valence-corrected chi connectivity index (χ2v) is 10.5. The van der Waals surface area contributed by atoms with Crippen LogP contribution in [0.3, 0.4) is 0 Å². The van der Waals surface area contributed by atoms with E-state index in [1.54, 1.807) is 35.2 Å². The molecule has 4 heterocycles. The molecule has 6 rings (SSSR count). The van der Waals surface area contributed by atoms with Crippen molar-refractivity contribution in [2.24, 2.45) is 0 Å². The van der Waals surface area contributed by atoms with Crippen molar-refractivity contribution in [3.8, 4) is 0 Å². The zero-order valence-electron chi connectivity index (χ0n) is 22.3. The molecule has 10 heteroatoms. The highest BCUT2D eigenvalue weighted by molar-refractivity contribution is 6.03. The van der Waals surface area contributed by atoms with Crippen molar-refractivity contribution in [3.05, 3.63) is 66.7 Å². The topological polar surface area (TPSA) is 103 Å². The molecule has 1 aliphatic carbocycles. The van der Waals surface area contributed by atoms with Gasteiger partial charge in [-0.15, -0.1) is 5.10 Å².